The minimum Gasteiger partial charge on any atom is -0.244 e. The molecule has 72 valence electrons. The van der Waals surface area contributed by atoms with Crippen LogP contribution in [0.2, 0.25) is 0 Å². The summed E-state index contributed by atoms with van der Waals surface area (Å²) < 4.78 is 1.46. The molecule has 0 spiro atoms. The van der Waals surface area contributed by atoms with Gasteiger partial charge in [-0.15, -0.1) is 0 Å². The standard InChI is InChI=1S/C8H9N5O/c1-5-3-7(11-6(2)10-5)13-4-9-8(14)12-13/h3-4H,1-2H3,(H,12,14). The van der Waals surface area contributed by atoms with Gasteiger partial charge in [-0.05, 0) is 13.8 Å². The number of aromatic amines is 1. The third kappa shape index (κ3) is 1.54. The predicted octanol–water partition coefficient (Wildman–Crippen LogP) is -0.0326. The van der Waals surface area contributed by atoms with Crippen molar-refractivity contribution in [1.29, 1.82) is 0 Å². The summed E-state index contributed by atoms with van der Waals surface area (Å²) in [6.07, 6.45) is 1.39. The van der Waals surface area contributed by atoms with Crippen LogP contribution in [0.15, 0.2) is 17.2 Å². The van der Waals surface area contributed by atoms with E-state index in [0.717, 1.165) is 5.69 Å². The monoisotopic (exact) mass is 191 g/mol. The van der Waals surface area contributed by atoms with Crippen LogP contribution in [0.25, 0.3) is 5.82 Å². The van der Waals surface area contributed by atoms with Gasteiger partial charge in [-0.25, -0.2) is 24.5 Å². The van der Waals surface area contributed by atoms with E-state index in [1.807, 2.05) is 6.92 Å². The molecular formula is C8H9N5O. The van der Waals surface area contributed by atoms with E-state index >= 15 is 0 Å². The molecule has 0 amide bonds. The quantitative estimate of drug-likeness (QED) is 0.686. The Morgan fingerprint density at radius 3 is 2.71 bits per heavy atom. The number of hydrogen-bond donors (Lipinski definition) is 1. The van der Waals surface area contributed by atoms with Gasteiger partial charge < -0.3 is 0 Å². The first-order valence-electron chi connectivity index (χ1n) is 4.11. The van der Waals surface area contributed by atoms with Gasteiger partial charge in [0.2, 0.25) is 0 Å². The lowest BCUT2D eigenvalue weighted by Gasteiger charge is -2.02. The average molecular weight is 191 g/mol. The maximum Gasteiger partial charge on any atom is 0.361 e. The fourth-order valence-electron chi connectivity index (χ4n) is 1.21. The zero-order valence-corrected chi connectivity index (χ0v) is 7.85. The van der Waals surface area contributed by atoms with E-state index in [4.69, 9.17) is 0 Å². The second-order valence-corrected chi connectivity index (χ2v) is 2.95. The van der Waals surface area contributed by atoms with E-state index in [0.29, 0.717) is 11.6 Å². The van der Waals surface area contributed by atoms with Crippen molar-refractivity contribution in [3.8, 4) is 5.82 Å². The molecule has 6 heteroatoms. The molecule has 2 rings (SSSR count). The molecule has 0 saturated heterocycles. The van der Waals surface area contributed by atoms with Gasteiger partial charge >= 0.3 is 5.69 Å². The first-order valence-corrected chi connectivity index (χ1v) is 4.11. The Balaban J connectivity index is 2.56. The van der Waals surface area contributed by atoms with Crippen molar-refractivity contribution in [1.82, 2.24) is 24.7 Å². The predicted molar refractivity (Wildman–Crippen MR) is 49.2 cm³/mol. The van der Waals surface area contributed by atoms with Gasteiger partial charge in [0.1, 0.15) is 12.2 Å². The largest absolute Gasteiger partial charge is 0.361 e. The van der Waals surface area contributed by atoms with E-state index in [-0.39, 0.29) is 5.69 Å². The van der Waals surface area contributed by atoms with Crippen LogP contribution in [-0.2, 0) is 0 Å². The highest BCUT2D eigenvalue weighted by Gasteiger charge is 2.01. The molecule has 0 aliphatic heterocycles. The van der Waals surface area contributed by atoms with Crippen molar-refractivity contribution in [2.45, 2.75) is 13.8 Å². The molecule has 2 aromatic heterocycles. The Labute approximate surface area is 79.6 Å². The lowest BCUT2D eigenvalue weighted by Crippen LogP contribution is -2.07. The molecule has 6 nitrogen and oxygen atoms in total. The van der Waals surface area contributed by atoms with Crippen molar-refractivity contribution in [3.05, 3.63) is 34.4 Å². The number of H-pyrrole nitrogens is 1. The summed E-state index contributed by atoms with van der Waals surface area (Å²) in [6.45, 7) is 3.67. The highest BCUT2D eigenvalue weighted by Crippen LogP contribution is 2.02. The van der Waals surface area contributed by atoms with E-state index in [2.05, 4.69) is 20.1 Å². The van der Waals surface area contributed by atoms with Crippen LogP contribution in [0.3, 0.4) is 0 Å². The van der Waals surface area contributed by atoms with Gasteiger partial charge in [0.25, 0.3) is 0 Å². The third-order valence-electron chi connectivity index (χ3n) is 1.71. The van der Waals surface area contributed by atoms with Gasteiger partial charge in [-0.1, -0.05) is 0 Å². The first-order chi connectivity index (χ1) is 6.65. The Morgan fingerprint density at radius 1 is 1.36 bits per heavy atom. The number of aromatic nitrogens is 5. The molecule has 0 aliphatic rings. The van der Waals surface area contributed by atoms with Crippen molar-refractivity contribution in [2.75, 3.05) is 0 Å². The molecule has 2 aromatic rings. The van der Waals surface area contributed by atoms with Gasteiger partial charge in [0.05, 0.1) is 0 Å². The Kier molecular flexibility index (Phi) is 1.88. The van der Waals surface area contributed by atoms with Gasteiger partial charge in [0, 0.05) is 11.8 Å². The van der Waals surface area contributed by atoms with Crippen molar-refractivity contribution >= 4 is 0 Å². The maximum atomic E-state index is 10.8. The molecule has 0 radical (unpaired) electrons. The smallest absolute Gasteiger partial charge is 0.244 e. The summed E-state index contributed by atoms with van der Waals surface area (Å²) in [5.74, 6) is 1.28. The number of nitrogens with zero attached hydrogens (tertiary/aromatic N) is 4. The zero-order chi connectivity index (χ0) is 10.1. The second kappa shape index (κ2) is 3.06. The number of rotatable bonds is 1. The average Bonchev–Trinajstić information content (AvgIpc) is 2.50. The highest BCUT2D eigenvalue weighted by molar-refractivity contribution is 5.22. The van der Waals surface area contributed by atoms with Crippen LogP contribution in [0, 0.1) is 13.8 Å². The normalized spacial score (nSPS) is 10.4. The number of hydrogen-bond acceptors (Lipinski definition) is 4. The summed E-state index contributed by atoms with van der Waals surface area (Å²) in [5.41, 5.74) is 0.459. The Hall–Kier alpha value is -1.98. The lowest BCUT2D eigenvalue weighted by atomic mass is 10.4. The maximum absolute atomic E-state index is 10.8. The number of aryl methyl sites for hydroxylation is 2. The van der Waals surface area contributed by atoms with Gasteiger partial charge in [-0.2, -0.15) is 4.98 Å². The fourth-order valence-corrected chi connectivity index (χ4v) is 1.21. The summed E-state index contributed by atoms with van der Waals surface area (Å²) in [4.78, 5) is 22.6. The topological polar surface area (TPSA) is 76.5 Å². The van der Waals surface area contributed by atoms with Crippen LogP contribution in [0.1, 0.15) is 11.5 Å². The van der Waals surface area contributed by atoms with Crippen molar-refractivity contribution in [2.24, 2.45) is 0 Å². The summed E-state index contributed by atoms with van der Waals surface area (Å²) >= 11 is 0. The molecule has 2 heterocycles. The lowest BCUT2D eigenvalue weighted by molar-refractivity contribution is 0.811. The molecule has 0 unspecified atom stereocenters. The summed E-state index contributed by atoms with van der Waals surface area (Å²) in [7, 11) is 0. The van der Waals surface area contributed by atoms with Crippen LogP contribution in [0.5, 0.6) is 0 Å². The molecule has 14 heavy (non-hydrogen) atoms. The first kappa shape index (κ1) is 8.61. The summed E-state index contributed by atoms with van der Waals surface area (Å²) in [6, 6.07) is 1.77. The highest BCUT2D eigenvalue weighted by atomic mass is 16.1. The van der Waals surface area contributed by atoms with Crippen molar-refractivity contribution in [3.63, 3.8) is 0 Å². The van der Waals surface area contributed by atoms with Crippen LogP contribution < -0.4 is 5.69 Å². The molecule has 0 atom stereocenters. The molecular weight excluding hydrogens is 182 g/mol. The van der Waals surface area contributed by atoms with Crippen LogP contribution >= 0.6 is 0 Å². The SMILES string of the molecule is Cc1cc(-n2cnc(=O)[nH]2)nc(C)n1. The third-order valence-corrected chi connectivity index (χ3v) is 1.71. The second-order valence-electron chi connectivity index (χ2n) is 2.95. The van der Waals surface area contributed by atoms with Gasteiger partial charge in [-0.3, -0.25) is 0 Å². The van der Waals surface area contributed by atoms with E-state index in [1.165, 1.54) is 11.0 Å². The fraction of sp³-hybridized carbons (Fsp3) is 0.250. The van der Waals surface area contributed by atoms with Crippen molar-refractivity contribution < 1.29 is 0 Å². The Bertz CT molecular complexity index is 492. The summed E-state index contributed by atoms with van der Waals surface area (Å²) in [5, 5.41) is 2.51. The van der Waals surface area contributed by atoms with E-state index in [9.17, 15) is 4.79 Å². The van der Waals surface area contributed by atoms with Gasteiger partial charge in [0.15, 0.2) is 5.82 Å². The molecule has 1 N–H and O–H groups in total. The molecule has 0 fully saturated rings. The number of nitrogens with one attached hydrogen (secondary N) is 1. The van der Waals surface area contributed by atoms with Crippen LogP contribution in [-0.4, -0.2) is 24.7 Å². The molecule has 0 bridgehead atoms. The Morgan fingerprint density at radius 2 is 2.14 bits per heavy atom. The van der Waals surface area contributed by atoms with E-state index in [1.54, 1.807) is 13.0 Å². The molecule has 0 aliphatic carbocycles. The molecule has 0 aromatic carbocycles. The minimum atomic E-state index is -0.390. The minimum absolute atomic E-state index is 0.390. The zero-order valence-electron chi connectivity index (χ0n) is 7.85. The van der Waals surface area contributed by atoms with E-state index < -0.39 is 0 Å². The van der Waals surface area contributed by atoms with Crippen LogP contribution in [0.4, 0.5) is 0 Å². The molecule has 0 saturated carbocycles.